The van der Waals surface area contributed by atoms with E-state index in [0.717, 1.165) is 19.4 Å². The molecule has 0 aliphatic heterocycles. The lowest BCUT2D eigenvalue weighted by molar-refractivity contribution is -0.136. The van der Waals surface area contributed by atoms with E-state index < -0.39 is 0 Å². The summed E-state index contributed by atoms with van der Waals surface area (Å²) in [5.41, 5.74) is 2.44. The number of benzene rings is 1. The van der Waals surface area contributed by atoms with Gasteiger partial charge in [0.1, 0.15) is 0 Å². The minimum Gasteiger partial charge on any atom is -0.383 e. The van der Waals surface area contributed by atoms with Crippen LogP contribution in [-0.2, 0) is 22.6 Å². The average molecular weight is 340 g/mol. The Kier molecular flexibility index (Phi) is 6.29. The molecule has 0 unspecified atom stereocenters. The molecular weight excluding hydrogens is 312 g/mol. The van der Waals surface area contributed by atoms with Gasteiger partial charge in [-0.25, -0.2) is 0 Å². The Morgan fingerprint density at radius 3 is 2.64 bits per heavy atom. The van der Waals surface area contributed by atoms with Gasteiger partial charge in [0.05, 0.1) is 13.2 Å². The van der Waals surface area contributed by atoms with Crippen LogP contribution in [0.2, 0.25) is 0 Å². The number of carbonyl (C=O) groups excluding carboxylic acids is 1. The third-order valence-corrected chi connectivity index (χ3v) is 5.05. The van der Waals surface area contributed by atoms with Gasteiger partial charge < -0.3 is 14.2 Å². The maximum Gasteiger partial charge on any atom is 0.226 e. The zero-order valence-corrected chi connectivity index (χ0v) is 15.1. The predicted octanol–water partition coefficient (Wildman–Crippen LogP) is 3.70. The molecule has 0 spiro atoms. The van der Waals surface area contributed by atoms with Crippen LogP contribution in [0.15, 0.2) is 48.7 Å². The van der Waals surface area contributed by atoms with Crippen molar-refractivity contribution in [3.8, 4) is 0 Å². The van der Waals surface area contributed by atoms with Gasteiger partial charge >= 0.3 is 0 Å². The predicted molar refractivity (Wildman–Crippen MR) is 99.2 cm³/mol. The molecule has 1 amide bonds. The van der Waals surface area contributed by atoms with E-state index in [2.05, 4.69) is 47.2 Å². The van der Waals surface area contributed by atoms with Gasteiger partial charge in [0.25, 0.3) is 0 Å². The zero-order valence-electron chi connectivity index (χ0n) is 15.1. The summed E-state index contributed by atoms with van der Waals surface area (Å²) in [4.78, 5) is 14.9. The summed E-state index contributed by atoms with van der Waals surface area (Å²) in [6, 6.07) is 14.6. The summed E-state index contributed by atoms with van der Waals surface area (Å²) in [5.74, 6) is 0.497. The number of amides is 1. The van der Waals surface area contributed by atoms with Gasteiger partial charge in [0.2, 0.25) is 5.91 Å². The number of methoxy groups -OCH3 is 1. The van der Waals surface area contributed by atoms with E-state index in [0.29, 0.717) is 25.6 Å². The largest absolute Gasteiger partial charge is 0.383 e. The molecule has 1 aromatic carbocycles. The van der Waals surface area contributed by atoms with E-state index in [9.17, 15) is 4.79 Å². The van der Waals surface area contributed by atoms with Crippen molar-refractivity contribution < 1.29 is 9.53 Å². The van der Waals surface area contributed by atoms with E-state index in [1.54, 1.807) is 7.11 Å². The van der Waals surface area contributed by atoms with Crippen LogP contribution in [0.1, 0.15) is 36.9 Å². The van der Waals surface area contributed by atoms with E-state index in [-0.39, 0.29) is 5.92 Å². The molecule has 0 N–H and O–H groups in total. The first-order valence-corrected chi connectivity index (χ1v) is 9.23. The lowest BCUT2D eigenvalue weighted by atomic mass is 10.1. The van der Waals surface area contributed by atoms with Crippen molar-refractivity contribution in [2.45, 2.75) is 38.8 Å². The maximum absolute atomic E-state index is 12.9. The van der Waals surface area contributed by atoms with E-state index in [1.807, 2.05) is 11.0 Å². The molecule has 3 rings (SSSR count). The smallest absolute Gasteiger partial charge is 0.226 e. The van der Waals surface area contributed by atoms with Crippen LogP contribution < -0.4 is 0 Å². The number of ether oxygens (including phenoxy) is 1. The van der Waals surface area contributed by atoms with Crippen molar-refractivity contribution in [3.63, 3.8) is 0 Å². The Bertz CT molecular complexity index is 660. The Balaban J connectivity index is 1.71. The summed E-state index contributed by atoms with van der Waals surface area (Å²) in [7, 11) is 1.69. The monoisotopic (exact) mass is 340 g/mol. The van der Waals surface area contributed by atoms with E-state index >= 15 is 0 Å². The zero-order chi connectivity index (χ0) is 17.5. The second-order valence-corrected chi connectivity index (χ2v) is 6.85. The van der Waals surface area contributed by atoms with Gasteiger partial charge in [-0.2, -0.15) is 0 Å². The molecule has 0 saturated heterocycles. The molecule has 1 heterocycles. The summed E-state index contributed by atoms with van der Waals surface area (Å²) < 4.78 is 7.46. The van der Waals surface area contributed by atoms with E-state index in [4.69, 9.17) is 4.74 Å². The number of aromatic nitrogens is 1. The Labute approximate surface area is 150 Å². The first-order chi connectivity index (χ1) is 12.3. The molecule has 1 aromatic heterocycles. The number of nitrogens with zero attached hydrogens (tertiary/aromatic N) is 2. The molecule has 1 saturated carbocycles. The van der Waals surface area contributed by atoms with Crippen molar-refractivity contribution in [3.05, 3.63) is 59.9 Å². The fourth-order valence-electron chi connectivity index (χ4n) is 3.62. The molecule has 0 bridgehead atoms. The maximum atomic E-state index is 12.9. The fraction of sp³-hybridized carbons (Fsp3) is 0.476. The molecule has 1 aliphatic carbocycles. The van der Waals surface area contributed by atoms with Crippen molar-refractivity contribution in [2.24, 2.45) is 5.92 Å². The molecule has 4 nitrogen and oxygen atoms in total. The molecule has 134 valence electrons. The molecule has 0 atom stereocenters. The van der Waals surface area contributed by atoms with Crippen LogP contribution in [0.25, 0.3) is 0 Å². The number of carbonyl (C=O) groups is 1. The minimum absolute atomic E-state index is 0.203. The van der Waals surface area contributed by atoms with Gasteiger partial charge in [-0.3, -0.25) is 4.79 Å². The standard InChI is InChI=1S/C21H28N2O2/c1-25-15-14-23(21(24)19-10-5-6-11-19)17-20-12-7-13-22(20)16-18-8-3-2-4-9-18/h2-4,7-9,12-13,19H,5-6,10-11,14-17H2,1H3. The van der Waals surface area contributed by atoms with Crippen LogP contribution >= 0.6 is 0 Å². The normalized spacial score (nSPS) is 14.8. The third-order valence-electron chi connectivity index (χ3n) is 5.05. The number of hydrogen-bond acceptors (Lipinski definition) is 2. The Hall–Kier alpha value is -2.07. The van der Waals surface area contributed by atoms with Crippen LogP contribution in [0.4, 0.5) is 0 Å². The van der Waals surface area contributed by atoms with Crippen molar-refractivity contribution in [1.29, 1.82) is 0 Å². The minimum atomic E-state index is 0.203. The highest BCUT2D eigenvalue weighted by molar-refractivity contribution is 5.79. The highest BCUT2D eigenvalue weighted by Gasteiger charge is 2.27. The van der Waals surface area contributed by atoms with Crippen LogP contribution in [0, 0.1) is 5.92 Å². The molecular formula is C21H28N2O2. The highest BCUT2D eigenvalue weighted by Crippen LogP contribution is 2.27. The lowest BCUT2D eigenvalue weighted by Crippen LogP contribution is -2.37. The van der Waals surface area contributed by atoms with Gasteiger partial charge in [0.15, 0.2) is 0 Å². The van der Waals surface area contributed by atoms with Gasteiger partial charge in [-0.15, -0.1) is 0 Å². The number of rotatable bonds is 8. The summed E-state index contributed by atoms with van der Waals surface area (Å²) in [6.45, 7) is 2.72. The Morgan fingerprint density at radius 1 is 1.16 bits per heavy atom. The average Bonchev–Trinajstić information content (AvgIpc) is 3.31. The van der Waals surface area contributed by atoms with Gasteiger partial charge in [-0.05, 0) is 30.5 Å². The van der Waals surface area contributed by atoms with Crippen LogP contribution in [0.3, 0.4) is 0 Å². The summed E-state index contributed by atoms with van der Waals surface area (Å²) in [6.07, 6.45) is 6.52. The van der Waals surface area contributed by atoms with Crippen LogP contribution in [-0.4, -0.2) is 35.6 Å². The Morgan fingerprint density at radius 2 is 1.92 bits per heavy atom. The first kappa shape index (κ1) is 17.7. The first-order valence-electron chi connectivity index (χ1n) is 9.23. The second kappa shape index (κ2) is 8.86. The molecule has 4 heteroatoms. The van der Waals surface area contributed by atoms with Gasteiger partial charge in [-0.1, -0.05) is 43.2 Å². The fourth-order valence-corrected chi connectivity index (χ4v) is 3.62. The quantitative estimate of drug-likeness (QED) is 0.734. The van der Waals surface area contributed by atoms with Gasteiger partial charge in [0, 0.05) is 38.0 Å². The highest BCUT2D eigenvalue weighted by atomic mass is 16.5. The van der Waals surface area contributed by atoms with Crippen molar-refractivity contribution in [2.75, 3.05) is 20.3 Å². The molecule has 2 aromatic rings. The topological polar surface area (TPSA) is 34.5 Å². The molecule has 1 aliphatic rings. The van der Waals surface area contributed by atoms with Crippen molar-refractivity contribution in [1.82, 2.24) is 9.47 Å². The lowest BCUT2D eigenvalue weighted by Gasteiger charge is -2.26. The second-order valence-electron chi connectivity index (χ2n) is 6.85. The molecule has 1 fully saturated rings. The van der Waals surface area contributed by atoms with E-state index in [1.165, 1.54) is 24.1 Å². The summed E-state index contributed by atoms with van der Waals surface area (Å²) in [5, 5.41) is 0. The molecule has 25 heavy (non-hydrogen) atoms. The summed E-state index contributed by atoms with van der Waals surface area (Å²) >= 11 is 0. The third kappa shape index (κ3) is 4.73. The SMILES string of the molecule is COCCN(Cc1cccn1Cc1ccccc1)C(=O)C1CCCC1. The molecule has 0 radical (unpaired) electrons. The number of hydrogen-bond donors (Lipinski definition) is 0. The van der Waals surface area contributed by atoms with Crippen molar-refractivity contribution >= 4 is 5.91 Å². The van der Waals surface area contributed by atoms with Crippen LogP contribution in [0.5, 0.6) is 0 Å².